The Labute approximate surface area is 162 Å². The maximum Gasteiger partial charge on any atom is 0.208 e. The Kier molecular flexibility index (Phi) is 6.46. The monoisotopic (exact) mass is 399 g/mol. The molecule has 0 aromatic carbocycles. The first-order valence-corrected chi connectivity index (χ1v) is 11.5. The number of ketones is 1. The fourth-order valence-corrected chi connectivity index (χ4v) is 4.44. The van der Waals surface area contributed by atoms with Gasteiger partial charge in [-0.05, 0) is 64.0 Å². The van der Waals surface area contributed by atoms with Crippen molar-refractivity contribution < 1.29 is 13.2 Å². The molecular weight excluding hydrogens is 366 g/mol. The highest BCUT2D eigenvalue weighted by Gasteiger charge is 2.34. The van der Waals surface area contributed by atoms with Crippen molar-refractivity contribution in [1.82, 2.24) is 24.9 Å². The van der Waals surface area contributed by atoms with Crippen molar-refractivity contribution in [2.75, 3.05) is 6.26 Å². The third-order valence-corrected chi connectivity index (χ3v) is 5.92. The standard InChI is InChI=1S/C18H33N5O3S/c1-17(2,3)23-20-16(19-22-23)11-15(24)18(4,5)12-13-7-9-14(10-8-13)21-27(6,25)26/h13-14,21H,7-12H2,1-6H3. The number of rotatable bonds is 7. The molecule has 1 aromatic heterocycles. The number of hydrogen-bond donors (Lipinski definition) is 1. The largest absolute Gasteiger partial charge is 0.299 e. The lowest BCUT2D eigenvalue weighted by Crippen LogP contribution is -2.38. The van der Waals surface area contributed by atoms with Gasteiger partial charge in [-0.3, -0.25) is 4.79 Å². The molecule has 1 heterocycles. The molecule has 1 aliphatic rings. The average Bonchev–Trinajstić information content (AvgIpc) is 2.96. The van der Waals surface area contributed by atoms with Gasteiger partial charge in [-0.1, -0.05) is 13.8 Å². The zero-order valence-electron chi connectivity index (χ0n) is 17.3. The predicted octanol–water partition coefficient (Wildman–Crippen LogP) is 2.06. The van der Waals surface area contributed by atoms with Crippen LogP contribution in [0.3, 0.4) is 0 Å². The molecule has 154 valence electrons. The van der Waals surface area contributed by atoms with Gasteiger partial charge in [-0.25, -0.2) is 13.1 Å². The van der Waals surface area contributed by atoms with Crippen LogP contribution in [-0.2, 0) is 26.8 Å². The quantitative estimate of drug-likeness (QED) is 0.752. The van der Waals surface area contributed by atoms with E-state index in [1.807, 2.05) is 34.6 Å². The summed E-state index contributed by atoms with van der Waals surface area (Å²) in [5.41, 5.74) is -0.725. The minimum Gasteiger partial charge on any atom is -0.299 e. The zero-order valence-corrected chi connectivity index (χ0v) is 18.1. The van der Waals surface area contributed by atoms with Gasteiger partial charge in [0.05, 0.1) is 18.2 Å². The van der Waals surface area contributed by atoms with Crippen LogP contribution in [0.5, 0.6) is 0 Å². The van der Waals surface area contributed by atoms with Gasteiger partial charge in [0, 0.05) is 11.5 Å². The first kappa shape index (κ1) is 21.9. The summed E-state index contributed by atoms with van der Waals surface area (Å²) in [6, 6.07) is 0.0201. The topological polar surface area (TPSA) is 107 Å². The highest BCUT2D eigenvalue weighted by atomic mass is 32.2. The normalized spacial score (nSPS) is 22.0. The lowest BCUT2D eigenvalue weighted by Gasteiger charge is -2.33. The highest BCUT2D eigenvalue weighted by molar-refractivity contribution is 7.88. The van der Waals surface area contributed by atoms with Crippen LogP contribution in [0.15, 0.2) is 0 Å². The van der Waals surface area contributed by atoms with Crippen LogP contribution in [0.1, 0.15) is 72.5 Å². The smallest absolute Gasteiger partial charge is 0.208 e. The molecule has 0 saturated heterocycles. The SMILES string of the molecule is CC(C)(CC1CCC(NS(C)(=O)=O)CC1)C(=O)Cc1nnn(C(C)(C)C)n1. The summed E-state index contributed by atoms with van der Waals surface area (Å²) < 4.78 is 25.4. The Morgan fingerprint density at radius 1 is 1.15 bits per heavy atom. The van der Waals surface area contributed by atoms with Crippen LogP contribution in [0, 0.1) is 11.3 Å². The molecule has 1 saturated carbocycles. The van der Waals surface area contributed by atoms with E-state index < -0.39 is 15.4 Å². The van der Waals surface area contributed by atoms with Crippen molar-refractivity contribution in [2.45, 2.75) is 84.7 Å². The van der Waals surface area contributed by atoms with Gasteiger partial charge in [0.2, 0.25) is 10.0 Å². The number of aromatic nitrogens is 4. The maximum atomic E-state index is 12.8. The van der Waals surface area contributed by atoms with Crippen molar-refractivity contribution in [3.05, 3.63) is 5.82 Å². The number of Topliss-reactive ketones (excluding diaryl/α,β-unsaturated/α-hetero) is 1. The van der Waals surface area contributed by atoms with Gasteiger partial charge in [-0.2, -0.15) is 4.80 Å². The lowest BCUT2D eigenvalue weighted by molar-refractivity contribution is -0.127. The molecule has 0 unspecified atom stereocenters. The van der Waals surface area contributed by atoms with Crippen LogP contribution < -0.4 is 4.72 Å². The molecule has 27 heavy (non-hydrogen) atoms. The second-order valence-corrected chi connectivity index (χ2v) is 11.2. The molecule has 0 aliphatic heterocycles. The van der Waals surface area contributed by atoms with Gasteiger partial charge >= 0.3 is 0 Å². The third-order valence-electron chi connectivity index (χ3n) is 5.16. The van der Waals surface area contributed by atoms with Crippen LogP contribution in [0.4, 0.5) is 0 Å². The van der Waals surface area contributed by atoms with Crippen molar-refractivity contribution in [3.63, 3.8) is 0 Å². The highest BCUT2D eigenvalue weighted by Crippen LogP contribution is 2.35. The molecule has 8 nitrogen and oxygen atoms in total. The van der Waals surface area contributed by atoms with Gasteiger partial charge in [0.25, 0.3) is 0 Å². The van der Waals surface area contributed by atoms with Crippen molar-refractivity contribution in [1.29, 1.82) is 0 Å². The van der Waals surface area contributed by atoms with E-state index in [1.54, 1.807) is 4.80 Å². The fraction of sp³-hybridized carbons (Fsp3) is 0.889. The predicted molar refractivity (Wildman–Crippen MR) is 104 cm³/mol. The summed E-state index contributed by atoms with van der Waals surface area (Å²) >= 11 is 0. The van der Waals surface area contributed by atoms with Crippen molar-refractivity contribution >= 4 is 15.8 Å². The first-order valence-electron chi connectivity index (χ1n) is 9.56. The van der Waals surface area contributed by atoms with E-state index in [0.29, 0.717) is 11.7 Å². The van der Waals surface area contributed by atoms with Crippen molar-refractivity contribution in [3.8, 4) is 0 Å². The molecule has 0 amide bonds. The number of nitrogens with one attached hydrogen (secondary N) is 1. The van der Waals surface area contributed by atoms with Crippen molar-refractivity contribution in [2.24, 2.45) is 11.3 Å². The number of sulfonamides is 1. The summed E-state index contributed by atoms with van der Waals surface area (Å²) in [6.07, 6.45) is 5.70. The Morgan fingerprint density at radius 3 is 2.22 bits per heavy atom. The van der Waals surface area contributed by atoms with Gasteiger partial charge in [0.1, 0.15) is 5.78 Å². The van der Waals surface area contributed by atoms with E-state index in [-0.39, 0.29) is 23.8 Å². The second-order valence-electron chi connectivity index (χ2n) is 9.46. The van der Waals surface area contributed by atoms with E-state index in [9.17, 15) is 13.2 Å². The molecule has 0 atom stereocenters. The molecule has 1 N–H and O–H groups in total. The summed E-state index contributed by atoms with van der Waals surface area (Å²) in [5, 5.41) is 12.4. The van der Waals surface area contributed by atoms with Crippen LogP contribution in [0.25, 0.3) is 0 Å². The molecule has 1 fully saturated rings. The Bertz CT molecular complexity index is 756. The molecule has 0 spiro atoms. The first-order chi connectivity index (χ1) is 12.3. The minimum absolute atomic E-state index is 0.0201. The van der Waals surface area contributed by atoms with E-state index in [4.69, 9.17) is 0 Å². The van der Waals surface area contributed by atoms with E-state index >= 15 is 0 Å². The van der Waals surface area contributed by atoms with Crippen LogP contribution in [0.2, 0.25) is 0 Å². The number of carbonyl (C=O) groups is 1. The summed E-state index contributed by atoms with van der Waals surface area (Å²) in [4.78, 5) is 14.4. The Morgan fingerprint density at radius 2 is 1.74 bits per heavy atom. The Balaban J connectivity index is 1.89. The zero-order chi connectivity index (χ0) is 20.5. The number of nitrogens with zero attached hydrogens (tertiary/aromatic N) is 4. The number of tetrazole rings is 1. The molecular formula is C18H33N5O3S. The number of carbonyl (C=O) groups excluding carboxylic acids is 1. The molecule has 0 bridgehead atoms. The van der Waals surface area contributed by atoms with Gasteiger partial charge in [-0.15, -0.1) is 10.2 Å². The molecule has 1 aromatic rings. The van der Waals surface area contributed by atoms with Gasteiger partial charge < -0.3 is 0 Å². The van der Waals surface area contributed by atoms with Crippen LogP contribution in [-0.4, -0.2) is 46.7 Å². The molecule has 0 radical (unpaired) electrons. The minimum atomic E-state index is -3.16. The van der Waals surface area contributed by atoms with Gasteiger partial charge in [0.15, 0.2) is 5.82 Å². The number of hydrogen-bond acceptors (Lipinski definition) is 6. The summed E-state index contributed by atoms with van der Waals surface area (Å²) in [5.74, 6) is 1.01. The maximum absolute atomic E-state index is 12.8. The van der Waals surface area contributed by atoms with E-state index in [0.717, 1.165) is 32.1 Å². The third kappa shape index (κ3) is 6.64. The molecule has 1 aliphatic carbocycles. The summed E-state index contributed by atoms with van der Waals surface area (Å²) in [7, 11) is -3.16. The Hall–Kier alpha value is -1.35. The second kappa shape index (κ2) is 7.95. The lowest BCUT2D eigenvalue weighted by atomic mass is 9.73. The molecule has 9 heteroatoms. The summed E-state index contributed by atoms with van der Waals surface area (Å²) in [6.45, 7) is 9.91. The van der Waals surface area contributed by atoms with Crippen LogP contribution >= 0.6 is 0 Å². The van der Waals surface area contributed by atoms with E-state index in [2.05, 4.69) is 20.1 Å². The molecule has 2 rings (SSSR count). The average molecular weight is 400 g/mol. The van der Waals surface area contributed by atoms with E-state index in [1.165, 1.54) is 6.26 Å². The fourth-order valence-electron chi connectivity index (χ4n) is 3.60.